The Morgan fingerprint density at radius 2 is 2.26 bits per heavy atom. The van der Waals surface area contributed by atoms with Crippen LogP contribution in [0.25, 0.3) is 0 Å². The van der Waals surface area contributed by atoms with E-state index in [-0.39, 0.29) is 12.2 Å². The topological polar surface area (TPSA) is 129 Å². The molecular weight excluding hydrogens is 252 g/mol. The van der Waals surface area contributed by atoms with E-state index in [1.807, 2.05) is 0 Å². The van der Waals surface area contributed by atoms with Gasteiger partial charge in [-0.05, 0) is 12.1 Å². The molecule has 0 radical (unpaired) electrons. The van der Waals surface area contributed by atoms with Gasteiger partial charge in [0.15, 0.2) is 0 Å². The van der Waals surface area contributed by atoms with Crippen LogP contribution in [0.4, 0.5) is 11.5 Å². The molecule has 2 rings (SSSR count). The molecule has 9 heteroatoms. The van der Waals surface area contributed by atoms with Gasteiger partial charge in [0.05, 0.1) is 23.4 Å². The Kier molecular flexibility index (Phi) is 3.48. The van der Waals surface area contributed by atoms with Gasteiger partial charge < -0.3 is 5.43 Å². The van der Waals surface area contributed by atoms with Gasteiger partial charge in [-0.1, -0.05) is 6.07 Å². The third-order valence-electron chi connectivity index (χ3n) is 2.34. The first-order valence-corrected chi connectivity index (χ1v) is 5.23. The van der Waals surface area contributed by atoms with Crippen LogP contribution in [-0.4, -0.2) is 19.5 Å². The van der Waals surface area contributed by atoms with E-state index in [0.29, 0.717) is 11.5 Å². The summed E-state index contributed by atoms with van der Waals surface area (Å²) in [5.41, 5.74) is 2.06. The number of hydrogen-bond donors (Lipinski definition) is 2. The molecule has 3 N–H and O–H groups in total. The fourth-order valence-corrected chi connectivity index (χ4v) is 1.47. The molecule has 2 aromatic heterocycles. The summed E-state index contributed by atoms with van der Waals surface area (Å²) in [7, 11) is 0. The van der Waals surface area contributed by atoms with E-state index in [1.54, 1.807) is 18.2 Å². The quantitative estimate of drug-likeness (QED) is 0.446. The van der Waals surface area contributed by atoms with Crippen LogP contribution in [0.15, 0.2) is 35.4 Å². The maximum Gasteiger partial charge on any atom is 0.348 e. The summed E-state index contributed by atoms with van der Waals surface area (Å²) >= 11 is 0. The Hall–Kier alpha value is -2.81. The monoisotopic (exact) mass is 262 g/mol. The van der Waals surface area contributed by atoms with Gasteiger partial charge in [-0.2, -0.15) is 4.98 Å². The van der Waals surface area contributed by atoms with E-state index in [4.69, 9.17) is 5.84 Å². The van der Waals surface area contributed by atoms with Crippen molar-refractivity contribution in [2.45, 2.75) is 6.54 Å². The molecule has 0 fully saturated rings. The van der Waals surface area contributed by atoms with Gasteiger partial charge in [0, 0.05) is 0 Å². The summed E-state index contributed by atoms with van der Waals surface area (Å²) in [6, 6.07) is 5.03. The van der Waals surface area contributed by atoms with Crippen LogP contribution in [0.5, 0.6) is 0 Å². The Morgan fingerprint density at radius 1 is 1.47 bits per heavy atom. The molecule has 19 heavy (non-hydrogen) atoms. The maximum atomic E-state index is 11.5. The molecule has 0 aliphatic carbocycles. The van der Waals surface area contributed by atoms with Crippen LogP contribution in [0.2, 0.25) is 0 Å². The van der Waals surface area contributed by atoms with Crippen LogP contribution in [0.3, 0.4) is 0 Å². The first kappa shape index (κ1) is 12.6. The molecule has 0 unspecified atom stereocenters. The normalized spacial score (nSPS) is 10.2. The number of rotatable bonds is 4. The molecule has 98 valence electrons. The predicted octanol–water partition coefficient (Wildman–Crippen LogP) is -0.120. The van der Waals surface area contributed by atoms with Crippen molar-refractivity contribution in [3.8, 4) is 0 Å². The lowest BCUT2D eigenvalue weighted by molar-refractivity contribution is -0.385. The van der Waals surface area contributed by atoms with Crippen molar-refractivity contribution in [3.63, 3.8) is 0 Å². The van der Waals surface area contributed by atoms with Crippen LogP contribution >= 0.6 is 0 Å². The van der Waals surface area contributed by atoms with Gasteiger partial charge in [0.1, 0.15) is 12.0 Å². The Balaban J connectivity index is 2.34. The molecule has 0 saturated heterocycles. The van der Waals surface area contributed by atoms with E-state index in [2.05, 4.69) is 15.4 Å². The largest absolute Gasteiger partial charge is 0.348 e. The predicted molar refractivity (Wildman–Crippen MR) is 66.3 cm³/mol. The molecule has 9 nitrogen and oxygen atoms in total. The molecule has 0 aliphatic rings. The van der Waals surface area contributed by atoms with E-state index in [9.17, 15) is 14.9 Å². The van der Waals surface area contributed by atoms with Gasteiger partial charge in [0.2, 0.25) is 0 Å². The first-order valence-electron chi connectivity index (χ1n) is 5.23. The van der Waals surface area contributed by atoms with Gasteiger partial charge in [-0.25, -0.2) is 15.6 Å². The lowest BCUT2D eigenvalue weighted by atomic mass is 10.3. The molecule has 0 spiro atoms. The highest BCUT2D eigenvalue weighted by Crippen LogP contribution is 2.08. The van der Waals surface area contributed by atoms with E-state index in [0.717, 1.165) is 17.0 Å². The first-order chi connectivity index (χ1) is 9.10. The van der Waals surface area contributed by atoms with Crippen molar-refractivity contribution >= 4 is 11.5 Å². The minimum atomic E-state index is -0.617. The molecule has 0 aromatic carbocycles. The SMILES string of the molecule is NNc1cccc(Cn2cc([N+](=O)[O-])cnc2=O)n1. The third kappa shape index (κ3) is 2.90. The van der Waals surface area contributed by atoms with Gasteiger partial charge >= 0.3 is 11.4 Å². The van der Waals surface area contributed by atoms with Crippen molar-refractivity contribution in [1.29, 1.82) is 0 Å². The number of pyridine rings is 1. The van der Waals surface area contributed by atoms with Gasteiger partial charge in [0.25, 0.3) is 0 Å². The number of nitrogens with zero attached hydrogens (tertiary/aromatic N) is 4. The Bertz CT molecular complexity index is 668. The summed E-state index contributed by atoms with van der Waals surface area (Å²) < 4.78 is 1.11. The number of anilines is 1. The number of nitrogens with two attached hydrogens (primary N) is 1. The van der Waals surface area contributed by atoms with Crippen LogP contribution in [0.1, 0.15) is 5.69 Å². The molecule has 2 aromatic rings. The van der Waals surface area contributed by atoms with Gasteiger partial charge in [-0.3, -0.25) is 14.7 Å². The second-order valence-electron chi connectivity index (χ2n) is 3.64. The Morgan fingerprint density at radius 3 is 2.95 bits per heavy atom. The second-order valence-corrected chi connectivity index (χ2v) is 3.64. The molecular formula is C10H10N6O3. The number of aromatic nitrogens is 3. The van der Waals surface area contributed by atoms with Crippen molar-refractivity contribution < 1.29 is 4.92 Å². The number of hydrazine groups is 1. The summed E-state index contributed by atoms with van der Waals surface area (Å²) in [6.07, 6.45) is 2.05. The molecule has 0 aliphatic heterocycles. The third-order valence-corrected chi connectivity index (χ3v) is 2.34. The van der Waals surface area contributed by atoms with Crippen molar-refractivity contribution in [1.82, 2.24) is 14.5 Å². The highest BCUT2D eigenvalue weighted by molar-refractivity contribution is 5.33. The highest BCUT2D eigenvalue weighted by Gasteiger charge is 2.09. The second kappa shape index (κ2) is 5.23. The Labute approximate surface area is 106 Å². The van der Waals surface area contributed by atoms with E-state index < -0.39 is 10.6 Å². The van der Waals surface area contributed by atoms with E-state index in [1.165, 1.54) is 0 Å². The van der Waals surface area contributed by atoms with Crippen molar-refractivity contribution in [3.05, 3.63) is 56.9 Å². The minimum Gasteiger partial charge on any atom is -0.308 e. The smallest absolute Gasteiger partial charge is 0.308 e. The van der Waals surface area contributed by atoms with Gasteiger partial charge in [-0.15, -0.1) is 0 Å². The maximum absolute atomic E-state index is 11.5. The average Bonchev–Trinajstić information content (AvgIpc) is 2.41. The summed E-state index contributed by atoms with van der Waals surface area (Å²) in [5.74, 6) is 5.66. The zero-order valence-corrected chi connectivity index (χ0v) is 9.68. The number of nitro groups is 1. The van der Waals surface area contributed by atoms with Crippen LogP contribution in [0, 0.1) is 10.1 Å². The zero-order valence-electron chi connectivity index (χ0n) is 9.68. The summed E-state index contributed by atoms with van der Waals surface area (Å²) in [4.78, 5) is 29.1. The van der Waals surface area contributed by atoms with Crippen LogP contribution < -0.4 is 17.0 Å². The zero-order chi connectivity index (χ0) is 13.8. The fourth-order valence-electron chi connectivity index (χ4n) is 1.47. The van der Waals surface area contributed by atoms with Crippen molar-refractivity contribution in [2.75, 3.05) is 5.43 Å². The van der Waals surface area contributed by atoms with Crippen molar-refractivity contribution in [2.24, 2.45) is 5.84 Å². The molecule has 0 bridgehead atoms. The molecule has 0 saturated carbocycles. The molecule has 0 atom stereocenters. The number of nitrogen functional groups attached to an aromatic ring is 1. The molecule has 2 heterocycles. The van der Waals surface area contributed by atoms with E-state index >= 15 is 0 Å². The van der Waals surface area contributed by atoms with Crippen LogP contribution in [-0.2, 0) is 6.54 Å². The lowest BCUT2D eigenvalue weighted by Gasteiger charge is -2.05. The summed E-state index contributed by atoms with van der Waals surface area (Å²) in [5, 5.41) is 10.6. The fraction of sp³-hybridized carbons (Fsp3) is 0.100. The number of nitrogens with one attached hydrogen (secondary N) is 1. The minimum absolute atomic E-state index is 0.0725. The summed E-state index contributed by atoms with van der Waals surface area (Å²) in [6.45, 7) is 0.0725. The molecule has 0 amide bonds. The lowest BCUT2D eigenvalue weighted by Crippen LogP contribution is -2.23. The average molecular weight is 262 g/mol. The highest BCUT2D eigenvalue weighted by atomic mass is 16.6. The standard InChI is InChI=1S/C10H10N6O3/c11-14-9-3-1-2-7(13-9)5-15-6-8(16(18)19)4-12-10(15)17/h1-4,6H,5,11H2,(H,13,14). The number of hydrogen-bond acceptors (Lipinski definition) is 7.